The van der Waals surface area contributed by atoms with E-state index >= 15 is 0 Å². The number of alkyl halides is 1. The summed E-state index contributed by atoms with van der Waals surface area (Å²) in [6, 6.07) is -0.337. The third kappa shape index (κ3) is 1.98. The largest absolute Gasteiger partial charge is 0.480 e. The van der Waals surface area contributed by atoms with Gasteiger partial charge in [0.05, 0.1) is 6.17 Å². The average molecular weight is 233 g/mol. The van der Waals surface area contributed by atoms with Crippen LogP contribution in [0.2, 0.25) is 0 Å². The van der Waals surface area contributed by atoms with Crippen molar-refractivity contribution in [2.75, 3.05) is 6.54 Å². The molecule has 0 aliphatic carbocycles. The van der Waals surface area contributed by atoms with Crippen LogP contribution in [0.25, 0.3) is 0 Å². The monoisotopic (exact) mass is 232 g/mol. The van der Waals surface area contributed by atoms with Crippen LogP contribution in [-0.4, -0.2) is 46.1 Å². The molecule has 0 aromatic rings. The van der Waals surface area contributed by atoms with Crippen LogP contribution in [0.3, 0.4) is 0 Å². The molecule has 2 saturated heterocycles. The molecule has 0 bridgehead atoms. The van der Waals surface area contributed by atoms with Gasteiger partial charge in [-0.25, -0.2) is 0 Å². The van der Waals surface area contributed by atoms with Gasteiger partial charge in [-0.3, -0.25) is 15.0 Å². The van der Waals surface area contributed by atoms with Crippen molar-refractivity contribution >= 4 is 17.6 Å². The number of fused-ring (bicyclic) bond motifs is 1. The number of aliphatic carboxylic acids is 1. The molecule has 86 valence electrons. The van der Waals surface area contributed by atoms with Crippen molar-refractivity contribution in [2.45, 2.75) is 49.8 Å². The van der Waals surface area contributed by atoms with Gasteiger partial charge in [0, 0.05) is 18.0 Å². The Balaban J connectivity index is 2.15. The molecule has 0 aromatic heterocycles. The molecule has 15 heavy (non-hydrogen) atoms. The molecule has 2 N–H and O–H groups in total. The number of carboxylic acid groups (broad SMARTS) is 1. The first-order chi connectivity index (χ1) is 7.13. The average Bonchev–Trinajstić information content (AvgIpc) is 2.55. The maximum absolute atomic E-state index is 11.2. The van der Waals surface area contributed by atoms with E-state index < -0.39 is 12.0 Å². The zero-order valence-electron chi connectivity index (χ0n) is 8.82. The third-order valence-corrected chi connectivity index (χ3v) is 3.76. The van der Waals surface area contributed by atoms with Crippen molar-refractivity contribution in [3.8, 4) is 0 Å². The Bertz CT molecular complexity index is 262. The summed E-state index contributed by atoms with van der Waals surface area (Å²) in [4.78, 5) is 13.2. The van der Waals surface area contributed by atoms with Crippen molar-refractivity contribution in [3.63, 3.8) is 0 Å². The van der Waals surface area contributed by atoms with Gasteiger partial charge >= 0.3 is 5.97 Å². The molecule has 2 heterocycles. The summed E-state index contributed by atoms with van der Waals surface area (Å²) in [5.74, 6) is -0.734. The van der Waals surface area contributed by atoms with Gasteiger partial charge in [0.1, 0.15) is 6.04 Å². The van der Waals surface area contributed by atoms with Gasteiger partial charge in [0.15, 0.2) is 0 Å². The summed E-state index contributed by atoms with van der Waals surface area (Å²) in [5.41, 5.74) is 0. The fourth-order valence-corrected chi connectivity index (χ4v) is 2.95. The van der Waals surface area contributed by atoms with Crippen molar-refractivity contribution in [2.24, 2.45) is 0 Å². The van der Waals surface area contributed by atoms with E-state index in [0.717, 1.165) is 19.3 Å². The van der Waals surface area contributed by atoms with Crippen LogP contribution >= 0.6 is 11.6 Å². The molecular weight excluding hydrogens is 216 g/mol. The number of hydrogen-bond acceptors (Lipinski definition) is 3. The standard InChI is InChI=1S/C10H17ClN2O2/c1-2-7-9(10(14)15)13-5-6(11)3-4-8(13)12-7/h6-9,12H,2-5H2,1H3,(H,14,15). The van der Waals surface area contributed by atoms with E-state index in [1.807, 2.05) is 11.8 Å². The smallest absolute Gasteiger partial charge is 0.322 e. The van der Waals surface area contributed by atoms with Gasteiger partial charge in [-0.15, -0.1) is 11.6 Å². The molecule has 0 radical (unpaired) electrons. The number of rotatable bonds is 2. The Kier molecular flexibility index (Phi) is 3.19. The molecule has 2 aliphatic rings. The minimum atomic E-state index is -0.734. The van der Waals surface area contributed by atoms with Crippen molar-refractivity contribution in [1.29, 1.82) is 0 Å². The number of carboxylic acids is 1. The maximum Gasteiger partial charge on any atom is 0.322 e. The van der Waals surface area contributed by atoms with E-state index in [-0.39, 0.29) is 17.6 Å². The normalized spacial score (nSPS) is 41.5. The van der Waals surface area contributed by atoms with Gasteiger partial charge in [-0.05, 0) is 19.3 Å². The lowest BCUT2D eigenvalue weighted by Crippen LogP contribution is -2.49. The van der Waals surface area contributed by atoms with Crippen molar-refractivity contribution in [3.05, 3.63) is 0 Å². The molecule has 0 spiro atoms. The molecule has 0 aromatic carbocycles. The van der Waals surface area contributed by atoms with Crippen LogP contribution in [0, 0.1) is 0 Å². The lowest BCUT2D eigenvalue weighted by molar-refractivity contribution is -0.143. The molecule has 5 heteroatoms. The summed E-state index contributed by atoms with van der Waals surface area (Å²) < 4.78 is 0. The van der Waals surface area contributed by atoms with Gasteiger partial charge in [-0.1, -0.05) is 6.92 Å². The van der Waals surface area contributed by atoms with Gasteiger partial charge in [0.2, 0.25) is 0 Å². The Morgan fingerprint density at radius 3 is 2.93 bits per heavy atom. The molecule has 0 saturated carbocycles. The highest BCUT2D eigenvalue weighted by molar-refractivity contribution is 6.20. The number of piperidine rings is 1. The Morgan fingerprint density at radius 1 is 1.60 bits per heavy atom. The quantitative estimate of drug-likeness (QED) is 0.694. The lowest BCUT2D eigenvalue weighted by Gasteiger charge is -2.34. The van der Waals surface area contributed by atoms with Crippen molar-refractivity contribution < 1.29 is 9.90 Å². The predicted molar refractivity (Wildman–Crippen MR) is 58.0 cm³/mol. The summed E-state index contributed by atoms with van der Waals surface area (Å²) in [5, 5.41) is 12.7. The van der Waals surface area contributed by atoms with E-state index in [1.54, 1.807) is 0 Å². The number of nitrogens with one attached hydrogen (secondary N) is 1. The zero-order chi connectivity index (χ0) is 11.0. The van der Waals surface area contributed by atoms with Crippen molar-refractivity contribution in [1.82, 2.24) is 10.2 Å². The summed E-state index contributed by atoms with van der Waals surface area (Å²) in [7, 11) is 0. The minimum Gasteiger partial charge on any atom is -0.480 e. The summed E-state index contributed by atoms with van der Waals surface area (Å²) >= 11 is 6.08. The molecule has 0 amide bonds. The first kappa shape index (κ1) is 11.2. The molecule has 2 rings (SSSR count). The van der Waals surface area contributed by atoms with Crippen LogP contribution in [0.5, 0.6) is 0 Å². The number of hydrogen-bond donors (Lipinski definition) is 2. The topological polar surface area (TPSA) is 52.6 Å². The third-order valence-electron chi connectivity index (χ3n) is 3.40. The van der Waals surface area contributed by atoms with E-state index in [9.17, 15) is 9.90 Å². The number of carbonyl (C=O) groups is 1. The summed E-state index contributed by atoms with van der Waals surface area (Å²) in [6.45, 7) is 2.71. The second-order valence-corrected chi connectivity index (χ2v) is 4.97. The highest BCUT2D eigenvalue weighted by Gasteiger charge is 2.46. The summed E-state index contributed by atoms with van der Waals surface area (Å²) in [6.07, 6.45) is 2.98. The first-order valence-corrected chi connectivity index (χ1v) is 5.95. The first-order valence-electron chi connectivity index (χ1n) is 5.52. The molecule has 4 nitrogen and oxygen atoms in total. The second kappa shape index (κ2) is 4.28. The minimum absolute atomic E-state index is 0.0643. The maximum atomic E-state index is 11.2. The van der Waals surface area contributed by atoms with E-state index in [1.165, 1.54) is 0 Å². The predicted octanol–water partition coefficient (Wildman–Crippen LogP) is 0.851. The Hall–Kier alpha value is -0.320. The number of halogens is 1. The van der Waals surface area contributed by atoms with Crippen LogP contribution < -0.4 is 5.32 Å². The second-order valence-electron chi connectivity index (χ2n) is 4.35. The van der Waals surface area contributed by atoms with Gasteiger partial charge in [-0.2, -0.15) is 0 Å². The van der Waals surface area contributed by atoms with Gasteiger partial charge < -0.3 is 5.11 Å². The Labute approximate surface area is 94.6 Å². The van der Waals surface area contributed by atoms with E-state index in [0.29, 0.717) is 6.54 Å². The highest BCUT2D eigenvalue weighted by Crippen LogP contribution is 2.29. The Morgan fingerprint density at radius 2 is 2.33 bits per heavy atom. The SMILES string of the molecule is CCC1NC2CCC(Cl)CN2C1C(=O)O. The van der Waals surface area contributed by atoms with Crippen LogP contribution in [0.4, 0.5) is 0 Å². The molecule has 4 atom stereocenters. The molecule has 2 aliphatic heterocycles. The number of nitrogens with zero attached hydrogens (tertiary/aromatic N) is 1. The fraction of sp³-hybridized carbons (Fsp3) is 0.900. The highest BCUT2D eigenvalue weighted by atomic mass is 35.5. The van der Waals surface area contributed by atoms with Crippen LogP contribution in [0.15, 0.2) is 0 Å². The van der Waals surface area contributed by atoms with E-state index in [4.69, 9.17) is 11.6 Å². The molecule has 2 fully saturated rings. The van der Waals surface area contributed by atoms with Crippen LogP contribution in [0.1, 0.15) is 26.2 Å². The van der Waals surface area contributed by atoms with Gasteiger partial charge in [0.25, 0.3) is 0 Å². The van der Waals surface area contributed by atoms with Crippen LogP contribution in [-0.2, 0) is 4.79 Å². The zero-order valence-corrected chi connectivity index (χ0v) is 9.57. The molecule has 4 unspecified atom stereocenters. The van der Waals surface area contributed by atoms with E-state index in [2.05, 4.69) is 5.32 Å². The lowest BCUT2D eigenvalue weighted by atomic mass is 10.0. The molecular formula is C10H17ClN2O2. The fourth-order valence-electron chi connectivity index (χ4n) is 2.66.